The number of carboxylic acids is 1. The molecule has 0 saturated heterocycles. The van der Waals surface area contributed by atoms with E-state index in [0.29, 0.717) is 45.6 Å². The third-order valence-electron chi connectivity index (χ3n) is 5.54. The molecule has 0 saturated carbocycles. The SMILES string of the molecule is C=Cc1[nH]c(C(=O)O)c(-c2ccc(C(=O)NCC(C)C)c(OC)c2)c1-c1ccc([N+](=O)[O-])cc1C. The van der Waals surface area contributed by atoms with Crippen LogP contribution in [0.1, 0.15) is 46.0 Å². The topological polar surface area (TPSA) is 135 Å². The second kappa shape index (κ2) is 10.3. The largest absolute Gasteiger partial charge is 0.496 e. The first-order valence-electron chi connectivity index (χ1n) is 10.9. The summed E-state index contributed by atoms with van der Waals surface area (Å²) in [6.45, 7) is 9.98. The van der Waals surface area contributed by atoms with Crippen molar-refractivity contribution < 1.29 is 24.4 Å². The quantitative estimate of drug-likeness (QED) is 0.283. The van der Waals surface area contributed by atoms with E-state index in [4.69, 9.17) is 4.74 Å². The minimum Gasteiger partial charge on any atom is -0.496 e. The monoisotopic (exact) mass is 477 g/mol. The van der Waals surface area contributed by atoms with Gasteiger partial charge < -0.3 is 20.1 Å². The summed E-state index contributed by atoms with van der Waals surface area (Å²) in [7, 11) is 1.43. The Morgan fingerprint density at radius 3 is 2.49 bits per heavy atom. The molecule has 0 fully saturated rings. The molecule has 0 bridgehead atoms. The number of methoxy groups -OCH3 is 1. The second-order valence-electron chi connectivity index (χ2n) is 8.45. The van der Waals surface area contributed by atoms with Gasteiger partial charge in [-0.3, -0.25) is 14.9 Å². The van der Waals surface area contributed by atoms with Gasteiger partial charge in [0.15, 0.2) is 0 Å². The van der Waals surface area contributed by atoms with Crippen molar-refractivity contribution in [3.8, 4) is 28.0 Å². The molecule has 9 heteroatoms. The number of aromatic nitrogens is 1. The standard InChI is InChI=1S/C26H27N3O6/c1-6-20-23(18-10-8-17(29(33)34)11-15(18)4)22(24(28-20)26(31)32)16-7-9-19(21(12-16)35-5)25(30)27-13-14(2)3/h6-12,14,28H,1,13H2,2-5H3,(H,27,30)(H,31,32). The lowest BCUT2D eigenvalue weighted by molar-refractivity contribution is -0.384. The van der Waals surface area contributed by atoms with Crippen molar-refractivity contribution in [3.63, 3.8) is 0 Å². The van der Waals surface area contributed by atoms with E-state index in [1.54, 1.807) is 31.2 Å². The minimum atomic E-state index is -1.19. The molecule has 3 N–H and O–H groups in total. The highest BCUT2D eigenvalue weighted by Crippen LogP contribution is 2.42. The Morgan fingerprint density at radius 2 is 1.94 bits per heavy atom. The molecule has 35 heavy (non-hydrogen) atoms. The molecule has 0 aliphatic heterocycles. The number of hydrogen-bond acceptors (Lipinski definition) is 5. The van der Waals surface area contributed by atoms with Crippen LogP contribution in [0.5, 0.6) is 5.75 Å². The van der Waals surface area contributed by atoms with Gasteiger partial charge >= 0.3 is 5.97 Å². The predicted octanol–water partition coefficient (Wildman–Crippen LogP) is 5.30. The number of nitro benzene ring substituents is 1. The first kappa shape index (κ1) is 25.2. The first-order valence-corrected chi connectivity index (χ1v) is 10.9. The number of benzene rings is 2. The number of carboxylic acid groups (broad SMARTS) is 1. The van der Waals surface area contributed by atoms with Crippen LogP contribution in [0.25, 0.3) is 28.3 Å². The van der Waals surface area contributed by atoms with Gasteiger partial charge in [0.1, 0.15) is 11.4 Å². The number of H-pyrrole nitrogens is 1. The number of hydrogen-bond donors (Lipinski definition) is 3. The maximum atomic E-state index is 12.7. The number of rotatable bonds is 9. The zero-order valence-corrected chi connectivity index (χ0v) is 20.0. The number of carbonyl (C=O) groups is 2. The maximum Gasteiger partial charge on any atom is 0.352 e. The summed E-state index contributed by atoms with van der Waals surface area (Å²) in [5, 5.41) is 24.0. The molecule has 2 aromatic carbocycles. The molecule has 0 aliphatic carbocycles. The highest BCUT2D eigenvalue weighted by molar-refractivity contribution is 6.04. The van der Waals surface area contributed by atoms with E-state index in [1.165, 1.54) is 25.3 Å². The van der Waals surface area contributed by atoms with E-state index in [2.05, 4.69) is 16.9 Å². The van der Waals surface area contributed by atoms with Gasteiger partial charge in [0.2, 0.25) is 0 Å². The fourth-order valence-electron chi connectivity index (χ4n) is 3.87. The van der Waals surface area contributed by atoms with E-state index in [1.807, 2.05) is 13.8 Å². The molecule has 3 rings (SSSR count). The Kier molecular flexibility index (Phi) is 7.39. The molecular formula is C26H27N3O6. The number of ether oxygens (including phenoxy) is 1. The van der Waals surface area contributed by atoms with E-state index >= 15 is 0 Å². The van der Waals surface area contributed by atoms with Crippen LogP contribution in [0, 0.1) is 23.0 Å². The Morgan fingerprint density at radius 1 is 1.23 bits per heavy atom. The Labute approximate surface area is 202 Å². The number of carbonyl (C=O) groups excluding carboxylic acids is 1. The van der Waals surface area contributed by atoms with Crippen molar-refractivity contribution >= 4 is 23.6 Å². The van der Waals surface area contributed by atoms with Crippen molar-refractivity contribution in [2.75, 3.05) is 13.7 Å². The van der Waals surface area contributed by atoms with Gasteiger partial charge in [0.25, 0.3) is 11.6 Å². The van der Waals surface area contributed by atoms with Crippen LogP contribution < -0.4 is 10.1 Å². The number of aryl methyl sites for hydroxylation is 1. The molecule has 0 spiro atoms. The second-order valence-corrected chi connectivity index (χ2v) is 8.45. The molecule has 9 nitrogen and oxygen atoms in total. The molecule has 3 aromatic rings. The highest BCUT2D eigenvalue weighted by atomic mass is 16.6. The van der Waals surface area contributed by atoms with Gasteiger partial charge in [-0.15, -0.1) is 0 Å². The third-order valence-corrected chi connectivity index (χ3v) is 5.54. The number of aromatic carboxylic acids is 1. The van der Waals surface area contributed by atoms with E-state index in [9.17, 15) is 24.8 Å². The molecule has 0 radical (unpaired) electrons. The summed E-state index contributed by atoms with van der Waals surface area (Å²) >= 11 is 0. The number of aromatic amines is 1. The van der Waals surface area contributed by atoms with Gasteiger partial charge in [0.05, 0.1) is 17.6 Å². The highest BCUT2D eigenvalue weighted by Gasteiger charge is 2.26. The van der Waals surface area contributed by atoms with Crippen LogP contribution in [0.2, 0.25) is 0 Å². The fourth-order valence-corrected chi connectivity index (χ4v) is 3.87. The normalized spacial score (nSPS) is 10.8. The fraction of sp³-hybridized carbons (Fsp3) is 0.231. The molecule has 0 aliphatic rings. The molecule has 1 aromatic heterocycles. The van der Waals surface area contributed by atoms with Gasteiger partial charge in [0, 0.05) is 35.5 Å². The average Bonchev–Trinajstić information content (AvgIpc) is 3.21. The predicted molar refractivity (Wildman–Crippen MR) is 134 cm³/mol. The smallest absolute Gasteiger partial charge is 0.352 e. The number of nitro groups is 1. The van der Waals surface area contributed by atoms with Crippen molar-refractivity contribution in [1.82, 2.24) is 10.3 Å². The zero-order valence-electron chi connectivity index (χ0n) is 20.0. The number of nitrogens with one attached hydrogen (secondary N) is 2. The summed E-state index contributed by atoms with van der Waals surface area (Å²) < 4.78 is 5.47. The van der Waals surface area contributed by atoms with Crippen molar-refractivity contribution in [3.05, 3.63) is 75.6 Å². The number of amides is 1. The Hall–Kier alpha value is -4.40. The van der Waals surface area contributed by atoms with Crippen LogP contribution in [-0.2, 0) is 0 Å². The van der Waals surface area contributed by atoms with Crippen molar-refractivity contribution in [2.24, 2.45) is 5.92 Å². The first-order chi connectivity index (χ1) is 16.6. The summed E-state index contributed by atoms with van der Waals surface area (Å²) in [5.41, 5.74) is 3.22. The van der Waals surface area contributed by atoms with Crippen LogP contribution in [-0.4, -0.2) is 40.5 Å². The summed E-state index contributed by atoms with van der Waals surface area (Å²) in [6, 6.07) is 9.24. The number of nitrogens with zero attached hydrogens (tertiary/aromatic N) is 1. The van der Waals surface area contributed by atoms with Crippen LogP contribution in [0.3, 0.4) is 0 Å². The van der Waals surface area contributed by atoms with Crippen LogP contribution in [0.15, 0.2) is 43.0 Å². The molecule has 0 unspecified atom stereocenters. The lowest BCUT2D eigenvalue weighted by Crippen LogP contribution is -2.27. The zero-order chi connectivity index (χ0) is 25.9. The van der Waals surface area contributed by atoms with Gasteiger partial charge in [-0.2, -0.15) is 0 Å². The lowest BCUT2D eigenvalue weighted by atomic mass is 9.91. The maximum absolute atomic E-state index is 12.7. The van der Waals surface area contributed by atoms with Crippen molar-refractivity contribution in [2.45, 2.75) is 20.8 Å². The van der Waals surface area contributed by atoms with Gasteiger partial charge in [-0.05, 0) is 53.8 Å². The lowest BCUT2D eigenvalue weighted by Gasteiger charge is -2.14. The average molecular weight is 478 g/mol. The summed E-state index contributed by atoms with van der Waals surface area (Å²) in [6.07, 6.45) is 1.50. The molecular weight excluding hydrogens is 450 g/mol. The molecule has 1 heterocycles. The van der Waals surface area contributed by atoms with Crippen LogP contribution >= 0.6 is 0 Å². The molecule has 182 valence electrons. The van der Waals surface area contributed by atoms with Crippen molar-refractivity contribution in [1.29, 1.82) is 0 Å². The van der Waals surface area contributed by atoms with E-state index in [0.717, 1.165) is 0 Å². The van der Waals surface area contributed by atoms with E-state index in [-0.39, 0.29) is 29.0 Å². The molecule has 1 amide bonds. The number of non-ortho nitro benzene ring substituents is 1. The van der Waals surface area contributed by atoms with Gasteiger partial charge in [-0.25, -0.2) is 4.79 Å². The van der Waals surface area contributed by atoms with E-state index < -0.39 is 10.9 Å². The van der Waals surface area contributed by atoms with Crippen LogP contribution in [0.4, 0.5) is 5.69 Å². The molecule has 0 atom stereocenters. The summed E-state index contributed by atoms with van der Waals surface area (Å²) in [5.74, 6) is -0.931. The van der Waals surface area contributed by atoms with Gasteiger partial charge in [-0.1, -0.05) is 26.5 Å². The minimum absolute atomic E-state index is 0.0691. The Balaban J connectivity index is 2.24. The third kappa shape index (κ3) is 5.08. The summed E-state index contributed by atoms with van der Waals surface area (Å²) in [4.78, 5) is 38.4. The Bertz CT molecular complexity index is 1320.